The first-order chi connectivity index (χ1) is 9.97. The highest BCUT2D eigenvalue weighted by atomic mass is 16.1. The lowest BCUT2D eigenvalue weighted by Gasteiger charge is -2.02. The topological polar surface area (TPSA) is 60.2 Å². The van der Waals surface area contributed by atoms with Crippen LogP contribution in [0.4, 0.5) is 0 Å². The van der Waals surface area contributed by atoms with Crippen LogP contribution in [0.15, 0.2) is 60.3 Å². The van der Waals surface area contributed by atoms with Crippen molar-refractivity contribution in [2.45, 2.75) is 13.8 Å². The van der Waals surface area contributed by atoms with Crippen LogP contribution in [0.5, 0.6) is 0 Å². The second kappa shape index (κ2) is 6.18. The van der Waals surface area contributed by atoms with Gasteiger partial charge in [-0.3, -0.25) is 9.59 Å². The van der Waals surface area contributed by atoms with Gasteiger partial charge < -0.3 is 5.73 Å². The van der Waals surface area contributed by atoms with Crippen LogP contribution in [-0.2, 0) is 0 Å². The number of allylic oxidation sites excluding steroid dienone is 2. The molecule has 0 fully saturated rings. The Labute approximate surface area is 124 Å². The number of Topliss-reactive ketones (excluding diaryl/α,β-unsaturated/α-hetero) is 1. The van der Waals surface area contributed by atoms with Crippen LogP contribution in [0.1, 0.15) is 31.8 Å². The Morgan fingerprint density at radius 3 is 1.71 bits per heavy atom. The highest BCUT2D eigenvalue weighted by Crippen LogP contribution is 2.09. The quantitative estimate of drug-likeness (QED) is 0.690. The molecule has 2 aromatic rings. The first kappa shape index (κ1) is 14.7. The summed E-state index contributed by atoms with van der Waals surface area (Å²) in [6.07, 6.45) is 1.19. The summed E-state index contributed by atoms with van der Waals surface area (Å²) in [6.45, 7) is 3.88. The maximum absolute atomic E-state index is 12.1. The maximum Gasteiger partial charge on any atom is 0.208 e. The normalized spacial score (nSPS) is 11.2. The Hall–Kier alpha value is -2.68. The second-order valence-electron chi connectivity index (χ2n) is 5.03. The van der Waals surface area contributed by atoms with Crippen molar-refractivity contribution in [3.8, 4) is 0 Å². The third-order valence-corrected chi connectivity index (χ3v) is 3.20. The summed E-state index contributed by atoms with van der Waals surface area (Å²) < 4.78 is 0. The molecule has 3 nitrogen and oxygen atoms in total. The maximum atomic E-state index is 12.1. The Kier molecular flexibility index (Phi) is 4.33. The molecule has 0 amide bonds. The minimum absolute atomic E-state index is 0.0515. The van der Waals surface area contributed by atoms with E-state index >= 15 is 0 Å². The van der Waals surface area contributed by atoms with Crippen molar-refractivity contribution < 1.29 is 9.59 Å². The second-order valence-corrected chi connectivity index (χ2v) is 5.03. The van der Waals surface area contributed by atoms with Gasteiger partial charge in [-0.2, -0.15) is 0 Å². The average Bonchev–Trinajstić information content (AvgIpc) is 2.47. The summed E-state index contributed by atoms with van der Waals surface area (Å²) in [5.41, 5.74) is 8.82. The van der Waals surface area contributed by atoms with Crippen molar-refractivity contribution in [1.82, 2.24) is 0 Å². The van der Waals surface area contributed by atoms with E-state index in [4.69, 9.17) is 5.73 Å². The van der Waals surface area contributed by atoms with Crippen LogP contribution < -0.4 is 5.73 Å². The predicted molar refractivity (Wildman–Crippen MR) is 83.3 cm³/mol. The summed E-state index contributed by atoms with van der Waals surface area (Å²) >= 11 is 0. The van der Waals surface area contributed by atoms with Gasteiger partial charge in [0, 0.05) is 17.2 Å². The molecule has 0 aliphatic heterocycles. The minimum atomic E-state index is -0.338. The van der Waals surface area contributed by atoms with Gasteiger partial charge in [0.2, 0.25) is 5.78 Å². The molecular weight excluding hydrogens is 262 g/mol. The number of benzene rings is 2. The van der Waals surface area contributed by atoms with Gasteiger partial charge in [0.25, 0.3) is 0 Å². The number of hydrogen-bond donors (Lipinski definition) is 1. The molecule has 0 radical (unpaired) electrons. The van der Waals surface area contributed by atoms with Gasteiger partial charge in [-0.15, -0.1) is 0 Å². The molecule has 0 bridgehead atoms. The molecule has 0 heterocycles. The van der Waals surface area contributed by atoms with Gasteiger partial charge >= 0.3 is 0 Å². The summed E-state index contributed by atoms with van der Waals surface area (Å²) in [5, 5.41) is 0. The van der Waals surface area contributed by atoms with Gasteiger partial charge in [0.05, 0.1) is 5.70 Å². The van der Waals surface area contributed by atoms with E-state index in [1.54, 1.807) is 24.3 Å². The van der Waals surface area contributed by atoms with Crippen LogP contribution in [0.25, 0.3) is 0 Å². The zero-order valence-corrected chi connectivity index (χ0v) is 12.1. The van der Waals surface area contributed by atoms with Crippen LogP contribution in [0.3, 0.4) is 0 Å². The highest BCUT2D eigenvalue weighted by Gasteiger charge is 2.11. The van der Waals surface area contributed by atoms with E-state index < -0.39 is 0 Å². The van der Waals surface area contributed by atoms with E-state index in [2.05, 4.69) is 0 Å². The van der Waals surface area contributed by atoms with E-state index in [-0.39, 0.29) is 17.3 Å². The zero-order chi connectivity index (χ0) is 15.4. The summed E-state index contributed by atoms with van der Waals surface area (Å²) in [4.78, 5) is 24.2. The molecule has 0 aliphatic rings. The number of rotatable bonds is 4. The van der Waals surface area contributed by atoms with E-state index in [0.717, 1.165) is 11.1 Å². The third-order valence-electron chi connectivity index (χ3n) is 3.20. The van der Waals surface area contributed by atoms with Crippen molar-refractivity contribution >= 4 is 11.6 Å². The lowest BCUT2D eigenvalue weighted by molar-refractivity contribution is 0.101. The van der Waals surface area contributed by atoms with Crippen molar-refractivity contribution in [3.63, 3.8) is 0 Å². The van der Waals surface area contributed by atoms with Gasteiger partial charge in [0.15, 0.2) is 5.78 Å². The molecule has 0 aliphatic carbocycles. The van der Waals surface area contributed by atoms with Crippen LogP contribution in [0.2, 0.25) is 0 Å². The van der Waals surface area contributed by atoms with E-state index in [1.807, 2.05) is 38.1 Å². The van der Waals surface area contributed by atoms with E-state index in [0.29, 0.717) is 11.1 Å². The third kappa shape index (κ3) is 3.66. The van der Waals surface area contributed by atoms with Crippen molar-refractivity contribution in [2.75, 3.05) is 0 Å². The molecule has 0 aromatic heterocycles. The van der Waals surface area contributed by atoms with E-state index in [9.17, 15) is 9.59 Å². The first-order valence-electron chi connectivity index (χ1n) is 6.67. The average molecular weight is 279 g/mol. The SMILES string of the molecule is Cc1ccc(C(=O)C=C(N)C(=O)c2ccc(C)cc2)cc1. The molecule has 0 spiro atoms. The number of carbonyl (C=O) groups is 2. The molecule has 106 valence electrons. The smallest absolute Gasteiger partial charge is 0.208 e. The van der Waals surface area contributed by atoms with E-state index in [1.165, 1.54) is 6.08 Å². The Morgan fingerprint density at radius 1 is 0.810 bits per heavy atom. The zero-order valence-electron chi connectivity index (χ0n) is 12.1. The number of carbonyl (C=O) groups excluding carboxylic acids is 2. The Bertz CT molecular complexity index is 695. The number of nitrogens with two attached hydrogens (primary N) is 1. The molecule has 3 heteroatoms. The molecule has 2 rings (SSSR count). The van der Waals surface area contributed by atoms with Crippen molar-refractivity contribution in [2.24, 2.45) is 5.73 Å². The number of aryl methyl sites for hydroxylation is 2. The lowest BCUT2D eigenvalue weighted by atomic mass is 10.0. The van der Waals surface area contributed by atoms with Crippen molar-refractivity contribution in [3.05, 3.63) is 82.6 Å². The monoisotopic (exact) mass is 279 g/mol. The molecule has 0 saturated heterocycles. The summed E-state index contributed by atoms with van der Waals surface area (Å²) in [6, 6.07) is 14.2. The highest BCUT2D eigenvalue weighted by molar-refractivity contribution is 6.14. The van der Waals surface area contributed by atoms with Gasteiger partial charge in [-0.25, -0.2) is 0 Å². The van der Waals surface area contributed by atoms with Gasteiger partial charge in [-0.05, 0) is 13.8 Å². The fraction of sp³-hybridized carbons (Fsp3) is 0.111. The number of hydrogen-bond acceptors (Lipinski definition) is 3. The minimum Gasteiger partial charge on any atom is -0.395 e. The first-order valence-corrected chi connectivity index (χ1v) is 6.67. The molecule has 0 unspecified atom stereocenters. The number of ketones is 2. The largest absolute Gasteiger partial charge is 0.395 e. The summed E-state index contributed by atoms with van der Waals surface area (Å²) in [7, 11) is 0. The van der Waals surface area contributed by atoms with Crippen LogP contribution >= 0.6 is 0 Å². The molecule has 0 atom stereocenters. The molecule has 21 heavy (non-hydrogen) atoms. The Balaban J connectivity index is 2.20. The molecular formula is C18H17NO2. The van der Waals surface area contributed by atoms with Gasteiger partial charge in [-0.1, -0.05) is 59.7 Å². The fourth-order valence-corrected chi connectivity index (χ4v) is 1.88. The van der Waals surface area contributed by atoms with Crippen LogP contribution in [-0.4, -0.2) is 11.6 Å². The Morgan fingerprint density at radius 2 is 1.24 bits per heavy atom. The van der Waals surface area contributed by atoms with Crippen molar-refractivity contribution in [1.29, 1.82) is 0 Å². The lowest BCUT2D eigenvalue weighted by Crippen LogP contribution is -2.13. The van der Waals surface area contributed by atoms with Crippen LogP contribution in [0, 0.1) is 13.8 Å². The standard InChI is InChI=1S/C18H17NO2/c1-12-3-7-14(8-4-12)17(20)11-16(19)18(21)15-9-5-13(2)6-10-15/h3-11H,19H2,1-2H3. The molecule has 2 N–H and O–H groups in total. The van der Waals surface area contributed by atoms with Gasteiger partial charge in [0.1, 0.15) is 0 Å². The predicted octanol–water partition coefficient (Wildman–Crippen LogP) is 3.21. The fourth-order valence-electron chi connectivity index (χ4n) is 1.88. The molecule has 2 aromatic carbocycles. The summed E-state index contributed by atoms with van der Waals surface area (Å²) in [5.74, 6) is -0.608. The molecule has 0 saturated carbocycles.